The Morgan fingerprint density at radius 2 is 2.04 bits per heavy atom. The molecule has 2 aromatic carbocycles. The molecule has 3 rings (SSSR count). The number of rotatable bonds is 6. The first-order chi connectivity index (χ1) is 12.1. The van der Waals surface area contributed by atoms with Gasteiger partial charge in [0.25, 0.3) is 0 Å². The third kappa shape index (κ3) is 3.55. The largest absolute Gasteiger partial charge is 0.497 e. The average molecular weight is 336 g/mol. The Bertz CT molecular complexity index is 922. The average Bonchev–Trinajstić information content (AvgIpc) is 2.61. The van der Waals surface area contributed by atoms with E-state index in [1.807, 2.05) is 49.5 Å². The minimum absolute atomic E-state index is 0.0483. The Labute approximate surface area is 146 Å². The van der Waals surface area contributed by atoms with Crippen molar-refractivity contribution in [2.24, 2.45) is 0 Å². The van der Waals surface area contributed by atoms with Crippen LogP contribution in [0.1, 0.15) is 12.0 Å². The SMILES string of the molecule is COc1cccc(-c2cnc(NCCC(=O)O)c3c(C)cccc23)c1. The third-order valence-electron chi connectivity index (χ3n) is 4.13. The second-order valence-electron chi connectivity index (χ2n) is 5.82. The minimum atomic E-state index is -0.832. The van der Waals surface area contributed by atoms with Gasteiger partial charge in [0.1, 0.15) is 11.6 Å². The van der Waals surface area contributed by atoms with E-state index >= 15 is 0 Å². The molecule has 1 heterocycles. The number of methoxy groups -OCH3 is 1. The molecule has 1 aromatic heterocycles. The molecule has 128 valence electrons. The van der Waals surface area contributed by atoms with Gasteiger partial charge >= 0.3 is 5.97 Å². The van der Waals surface area contributed by atoms with Crippen molar-refractivity contribution < 1.29 is 14.6 Å². The number of fused-ring (bicyclic) bond motifs is 1. The second kappa shape index (κ2) is 7.21. The van der Waals surface area contributed by atoms with E-state index in [0.29, 0.717) is 12.4 Å². The van der Waals surface area contributed by atoms with E-state index in [0.717, 1.165) is 33.2 Å². The number of nitrogens with one attached hydrogen (secondary N) is 1. The summed E-state index contributed by atoms with van der Waals surface area (Å²) in [6, 6.07) is 14.0. The van der Waals surface area contributed by atoms with E-state index in [1.54, 1.807) is 7.11 Å². The van der Waals surface area contributed by atoms with Crippen molar-refractivity contribution in [3.63, 3.8) is 0 Å². The van der Waals surface area contributed by atoms with Crippen LogP contribution < -0.4 is 10.1 Å². The summed E-state index contributed by atoms with van der Waals surface area (Å²) >= 11 is 0. The number of hydrogen-bond acceptors (Lipinski definition) is 4. The zero-order valence-corrected chi connectivity index (χ0v) is 14.2. The Kier molecular flexibility index (Phi) is 4.84. The lowest BCUT2D eigenvalue weighted by Crippen LogP contribution is -2.09. The molecule has 25 heavy (non-hydrogen) atoms. The van der Waals surface area contributed by atoms with Gasteiger partial charge in [0.2, 0.25) is 0 Å². The number of ether oxygens (including phenoxy) is 1. The van der Waals surface area contributed by atoms with E-state index in [4.69, 9.17) is 9.84 Å². The van der Waals surface area contributed by atoms with Crippen molar-refractivity contribution in [2.75, 3.05) is 19.0 Å². The summed E-state index contributed by atoms with van der Waals surface area (Å²) in [7, 11) is 1.65. The molecule has 0 aliphatic heterocycles. The Balaban J connectivity index is 2.10. The number of aromatic nitrogens is 1. The quantitative estimate of drug-likeness (QED) is 0.709. The number of pyridine rings is 1. The maximum Gasteiger partial charge on any atom is 0.305 e. The van der Waals surface area contributed by atoms with Crippen molar-refractivity contribution in [2.45, 2.75) is 13.3 Å². The fourth-order valence-corrected chi connectivity index (χ4v) is 2.91. The topological polar surface area (TPSA) is 71.5 Å². The van der Waals surface area contributed by atoms with Gasteiger partial charge in [-0.15, -0.1) is 0 Å². The summed E-state index contributed by atoms with van der Waals surface area (Å²) in [4.78, 5) is 15.3. The highest BCUT2D eigenvalue weighted by Crippen LogP contribution is 2.34. The standard InChI is InChI=1S/C20H20N2O3/c1-13-5-3-8-16-17(14-6-4-7-15(11-14)25-2)12-22-20(19(13)16)21-10-9-18(23)24/h3-8,11-12H,9-10H2,1-2H3,(H,21,22)(H,23,24). The van der Waals surface area contributed by atoms with Crippen LogP contribution in [0.15, 0.2) is 48.7 Å². The van der Waals surface area contributed by atoms with Crippen LogP contribution in [-0.4, -0.2) is 29.7 Å². The predicted molar refractivity (Wildman–Crippen MR) is 99.2 cm³/mol. The number of aryl methyl sites for hydroxylation is 1. The smallest absolute Gasteiger partial charge is 0.305 e. The molecule has 0 fully saturated rings. The van der Waals surface area contributed by atoms with Gasteiger partial charge in [0, 0.05) is 23.7 Å². The highest BCUT2D eigenvalue weighted by molar-refractivity contribution is 6.03. The van der Waals surface area contributed by atoms with Gasteiger partial charge in [-0.2, -0.15) is 0 Å². The molecule has 0 unspecified atom stereocenters. The summed E-state index contributed by atoms with van der Waals surface area (Å²) in [5, 5.41) is 14.1. The van der Waals surface area contributed by atoms with Crippen molar-refractivity contribution in [3.05, 3.63) is 54.2 Å². The Morgan fingerprint density at radius 1 is 1.24 bits per heavy atom. The summed E-state index contributed by atoms with van der Waals surface area (Å²) in [5.41, 5.74) is 3.13. The van der Waals surface area contributed by atoms with Gasteiger partial charge in [0.05, 0.1) is 13.5 Å². The van der Waals surface area contributed by atoms with Gasteiger partial charge in [-0.1, -0.05) is 30.3 Å². The maximum absolute atomic E-state index is 10.7. The number of anilines is 1. The molecule has 0 atom stereocenters. The van der Waals surface area contributed by atoms with Crippen LogP contribution in [0.3, 0.4) is 0 Å². The molecular weight excluding hydrogens is 316 g/mol. The minimum Gasteiger partial charge on any atom is -0.497 e. The van der Waals surface area contributed by atoms with Crippen LogP contribution in [0.2, 0.25) is 0 Å². The molecule has 2 N–H and O–H groups in total. The Morgan fingerprint density at radius 3 is 2.80 bits per heavy atom. The summed E-state index contributed by atoms with van der Waals surface area (Å²) in [6.45, 7) is 2.37. The zero-order valence-electron chi connectivity index (χ0n) is 14.2. The molecule has 0 radical (unpaired) electrons. The summed E-state index contributed by atoms with van der Waals surface area (Å²) < 4.78 is 5.32. The fraction of sp³-hybridized carbons (Fsp3) is 0.200. The fourth-order valence-electron chi connectivity index (χ4n) is 2.91. The summed E-state index contributed by atoms with van der Waals surface area (Å²) in [6.07, 6.45) is 1.87. The van der Waals surface area contributed by atoms with Crippen LogP contribution in [0.5, 0.6) is 5.75 Å². The molecule has 0 saturated carbocycles. The first-order valence-electron chi connectivity index (χ1n) is 8.08. The van der Waals surface area contributed by atoms with E-state index < -0.39 is 5.97 Å². The van der Waals surface area contributed by atoms with Gasteiger partial charge in [-0.05, 0) is 35.6 Å². The molecule has 0 spiro atoms. The van der Waals surface area contributed by atoms with Crippen molar-refractivity contribution in [1.82, 2.24) is 4.98 Å². The van der Waals surface area contributed by atoms with Crippen LogP contribution in [0.25, 0.3) is 21.9 Å². The van der Waals surface area contributed by atoms with Crippen LogP contribution >= 0.6 is 0 Å². The first-order valence-corrected chi connectivity index (χ1v) is 8.08. The van der Waals surface area contributed by atoms with E-state index in [-0.39, 0.29) is 6.42 Å². The Hall–Kier alpha value is -3.08. The van der Waals surface area contributed by atoms with E-state index in [2.05, 4.69) is 16.4 Å². The van der Waals surface area contributed by atoms with Crippen LogP contribution in [-0.2, 0) is 4.79 Å². The molecule has 0 bridgehead atoms. The number of aliphatic carboxylic acids is 1. The number of carbonyl (C=O) groups is 1. The monoisotopic (exact) mass is 336 g/mol. The lowest BCUT2D eigenvalue weighted by Gasteiger charge is -2.14. The number of carboxylic acids is 1. The summed E-state index contributed by atoms with van der Waals surface area (Å²) in [5.74, 6) is 0.671. The number of carboxylic acid groups (broad SMARTS) is 1. The lowest BCUT2D eigenvalue weighted by molar-refractivity contribution is -0.136. The van der Waals surface area contributed by atoms with E-state index in [9.17, 15) is 4.79 Å². The van der Waals surface area contributed by atoms with E-state index in [1.165, 1.54) is 0 Å². The molecule has 5 nitrogen and oxygen atoms in total. The van der Waals surface area contributed by atoms with Crippen molar-refractivity contribution in [1.29, 1.82) is 0 Å². The highest BCUT2D eigenvalue weighted by atomic mass is 16.5. The van der Waals surface area contributed by atoms with Crippen LogP contribution in [0, 0.1) is 6.92 Å². The number of hydrogen-bond donors (Lipinski definition) is 2. The zero-order chi connectivity index (χ0) is 17.8. The molecule has 5 heteroatoms. The van der Waals surface area contributed by atoms with Gasteiger partial charge in [-0.25, -0.2) is 4.98 Å². The molecule has 0 amide bonds. The number of nitrogens with zero attached hydrogens (tertiary/aromatic N) is 1. The van der Waals surface area contributed by atoms with Gasteiger partial charge < -0.3 is 15.2 Å². The van der Waals surface area contributed by atoms with Gasteiger partial charge in [0.15, 0.2) is 0 Å². The van der Waals surface area contributed by atoms with Gasteiger partial charge in [-0.3, -0.25) is 4.79 Å². The molecule has 0 aliphatic rings. The number of benzene rings is 2. The first kappa shape index (κ1) is 16.8. The molecule has 3 aromatic rings. The van der Waals surface area contributed by atoms with Crippen molar-refractivity contribution in [3.8, 4) is 16.9 Å². The maximum atomic E-state index is 10.7. The predicted octanol–water partition coefficient (Wildman–Crippen LogP) is 4.11. The second-order valence-corrected chi connectivity index (χ2v) is 5.82. The van der Waals surface area contributed by atoms with Crippen LogP contribution in [0.4, 0.5) is 5.82 Å². The van der Waals surface area contributed by atoms with Crippen molar-refractivity contribution >= 4 is 22.6 Å². The lowest BCUT2D eigenvalue weighted by atomic mass is 9.98. The molecule has 0 saturated heterocycles. The third-order valence-corrected chi connectivity index (χ3v) is 4.13. The highest BCUT2D eigenvalue weighted by Gasteiger charge is 2.12. The normalized spacial score (nSPS) is 10.6. The molecular formula is C20H20N2O3. The molecule has 0 aliphatic carbocycles.